The first-order chi connectivity index (χ1) is 10.6. The first-order valence-corrected chi connectivity index (χ1v) is 9.33. The van der Waals surface area contributed by atoms with E-state index in [1.54, 1.807) is 0 Å². The third kappa shape index (κ3) is 3.49. The highest BCUT2D eigenvalue weighted by Crippen LogP contribution is 2.42. The second kappa shape index (κ2) is 7.79. The Morgan fingerprint density at radius 2 is 1.86 bits per heavy atom. The van der Waals surface area contributed by atoms with Crippen molar-refractivity contribution >= 4 is 0 Å². The molecular weight excluding hydrogens is 268 g/mol. The van der Waals surface area contributed by atoms with Gasteiger partial charge < -0.3 is 4.90 Å². The van der Waals surface area contributed by atoms with Crippen LogP contribution >= 0.6 is 0 Å². The van der Waals surface area contributed by atoms with Crippen LogP contribution in [0, 0.1) is 11.3 Å². The average molecular weight is 305 g/mol. The SMILES string of the molecule is C=C(C)C1(/C=C/C)CN(CC)CCC1N1CCC(CC)CC1. The predicted octanol–water partition coefficient (Wildman–Crippen LogP) is 4.34. The highest BCUT2D eigenvalue weighted by Gasteiger charge is 2.45. The summed E-state index contributed by atoms with van der Waals surface area (Å²) in [6.45, 7) is 19.5. The van der Waals surface area contributed by atoms with Gasteiger partial charge in [-0.2, -0.15) is 0 Å². The molecule has 2 unspecified atom stereocenters. The fourth-order valence-electron chi connectivity index (χ4n) is 4.59. The molecule has 0 bridgehead atoms. The van der Waals surface area contributed by atoms with Crippen molar-refractivity contribution in [2.75, 3.05) is 32.7 Å². The molecule has 2 heterocycles. The van der Waals surface area contributed by atoms with Gasteiger partial charge in [0.25, 0.3) is 0 Å². The lowest BCUT2D eigenvalue weighted by atomic mass is 9.69. The Labute approximate surface area is 138 Å². The van der Waals surface area contributed by atoms with Crippen LogP contribution in [-0.2, 0) is 0 Å². The Morgan fingerprint density at radius 3 is 2.36 bits per heavy atom. The van der Waals surface area contributed by atoms with Crippen molar-refractivity contribution < 1.29 is 0 Å². The normalized spacial score (nSPS) is 32.6. The summed E-state index contributed by atoms with van der Waals surface area (Å²) in [6.07, 6.45) is 10.1. The maximum absolute atomic E-state index is 4.41. The van der Waals surface area contributed by atoms with Gasteiger partial charge in [0.05, 0.1) is 0 Å². The zero-order valence-electron chi connectivity index (χ0n) is 15.3. The minimum atomic E-state index is 0.141. The lowest BCUT2D eigenvalue weighted by Gasteiger charge is -2.53. The molecule has 0 aromatic rings. The first-order valence-electron chi connectivity index (χ1n) is 9.33. The third-order valence-corrected chi connectivity index (χ3v) is 6.17. The van der Waals surface area contributed by atoms with E-state index < -0.39 is 0 Å². The third-order valence-electron chi connectivity index (χ3n) is 6.17. The molecule has 0 N–H and O–H groups in total. The number of hydrogen-bond acceptors (Lipinski definition) is 2. The van der Waals surface area contributed by atoms with Gasteiger partial charge in [-0.1, -0.05) is 44.6 Å². The summed E-state index contributed by atoms with van der Waals surface area (Å²) >= 11 is 0. The fraction of sp³-hybridized carbons (Fsp3) is 0.800. The van der Waals surface area contributed by atoms with Gasteiger partial charge in [0.15, 0.2) is 0 Å². The maximum atomic E-state index is 4.41. The van der Waals surface area contributed by atoms with Gasteiger partial charge in [0, 0.05) is 18.0 Å². The van der Waals surface area contributed by atoms with Gasteiger partial charge in [0.1, 0.15) is 0 Å². The second-order valence-electron chi connectivity index (χ2n) is 7.38. The fourth-order valence-corrected chi connectivity index (χ4v) is 4.59. The minimum Gasteiger partial charge on any atom is -0.302 e. The van der Waals surface area contributed by atoms with Crippen LogP contribution in [-0.4, -0.2) is 48.6 Å². The van der Waals surface area contributed by atoms with E-state index in [2.05, 4.69) is 56.2 Å². The van der Waals surface area contributed by atoms with Crippen molar-refractivity contribution in [3.63, 3.8) is 0 Å². The predicted molar refractivity (Wildman–Crippen MR) is 97.2 cm³/mol. The van der Waals surface area contributed by atoms with Crippen LogP contribution in [0.5, 0.6) is 0 Å². The molecule has 0 spiro atoms. The lowest BCUT2D eigenvalue weighted by molar-refractivity contribution is 0.0158. The smallest absolute Gasteiger partial charge is 0.0369 e. The molecule has 2 heteroatoms. The monoisotopic (exact) mass is 304 g/mol. The standard InChI is InChI=1S/C20H36N2/c1-6-12-20(17(4)5)16-21(8-3)13-11-19(20)22-14-9-18(7-2)10-15-22/h6,12,18-19H,4,7-11,13-16H2,1-3,5H3/b12-6+. The maximum Gasteiger partial charge on any atom is 0.0369 e. The molecule has 2 saturated heterocycles. The Hall–Kier alpha value is -0.600. The Kier molecular flexibility index (Phi) is 6.28. The van der Waals surface area contributed by atoms with E-state index in [0.29, 0.717) is 6.04 Å². The molecule has 2 aliphatic heterocycles. The van der Waals surface area contributed by atoms with Crippen LogP contribution < -0.4 is 0 Å². The van der Waals surface area contributed by atoms with E-state index in [4.69, 9.17) is 0 Å². The molecule has 126 valence electrons. The molecule has 2 rings (SSSR count). The zero-order chi connectivity index (χ0) is 16.2. The Bertz CT molecular complexity index is 393. The number of rotatable bonds is 5. The van der Waals surface area contributed by atoms with Crippen molar-refractivity contribution in [2.45, 2.75) is 59.4 Å². The summed E-state index contributed by atoms with van der Waals surface area (Å²) in [5.41, 5.74) is 1.48. The summed E-state index contributed by atoms with van der Waals surface area (Å²) < 4.78 is 0. The van der Waals surface area contributed by atoms with Gasteiger partial charge >= 0.3 is 0 Å². The van der Waals surface area contributed by atoms with Gasteiger partial charge in [-0.05, 0) is 65.2 Å². The number of likely N-dealkylation sites (tertiary alicyclic amines) is 2. The minimum absolute atomic E-state index is 0.141. The van der Waals surface area contributed by atoms with E-state index in [-0.39, 0.29) is 5.41 Å². The van der Waals surface area contributed by atoms with Crippen LogP contribution in [0.25, 0.3) is 0 Å². The van der Waals surface area contributed by atoms with E-state index in [1.807, 2.05) is 0 Å². The lowest BCUT2D eigenvalue weighted by Crippen LogP contribution is -2.59. The molecule has 2 fully saturated rings. The van der Waals surface area contributed by atoms with Crippen LogP contribution in [0.2, 0.25) is 0 Å². The summed E-state index contributed by atoms with van der Waals surface area (Å²) in [5.74, 6) is 0.952. The summed E-state index contributed by atoms with van der Waals surface area (Å²) in [6, 6.07) is 0.641. The zero-order valence-corrected chi connectivity index (χ0v) is 15.3. The van der Waals surface area contributed by atoms with Crippen molar-refractivity contribution in [2.24, 2.45) is 11.3 Å². The molecule has 2 nitrogen and oxygen atoms in total. The van der Waals surface area contributed by atoms with E-state index in [9.17, 15) is 0 Å². The number of piperidine rings is 2. The second-order valence-corrected chi connectivity index (χ2v) is 7.38. The molecule has 0 radical (unpaired) electrons. The van der Waals surface area contributed by atoms with Crippen molar-refractivity contribution in [1.82, 2.24) is 9.80 Å². The van der Waals surface area contributed by atoms with Crippen molar-refractivity contribution in [3.8, 4) is 0 Å². The van der Waals surface area contributed by atoms with Crippen molar-refractivity contribution in [1.29, 1.82) is 0 Å². The van der Waals surface area contributed by atoms with Gasteiger partial charge in [-0.3, -0.25) is 4.90 Å². The van der Waals surface area contributed by atoms with E-state index in [0.717, 1.165) is 19.0 Å². The van der Waals surface area contributed by atoms with Gasteiger partial charge in [-0.15, -0.1) is 0 Å². The quantitative estimate of drug-likeness (QED) is 0.697. The van der Waals surface area contributed by atoms with Crippen LogP contribution in [0.3, 0.4) is 0 Å². The highest BCUT2D eigenvalue weighted by molar-refractivity contribution is 5.25. The molecule has 0 aliphatic carbocycles. The van der Waals surface area contributed by atoms with Crippen LogP contribution in [0.15, 0.2) is 24.3 Å². The van der Waals surface area contributed by atoms with Crippen LogP contribution in [0.1, 0.15) is 53.4 Å². The summed E-state index contributed by atoms with van der Waals surface area (Å²) in [7, 11) is 0. The molecule has 0 saturated carbocycles. The number of allylic oxidation sites excluding steroid dienone is 1. The van der Waals surface area contributed by atoms with E-state index >= 15 is 0 Å². The largest absolute Gasteiger partial charge is 0.302 e. The molecule has 0 aromatic heterocycles. The Morgan fingerprint density at radius 1 is 1.18 bits per heavy atom. The number of hydrogen-bond donors (Lipinski definition) is 0. The Balaban J connectivity index is 2.21. The van der Waals surface area contributed by atoms with E-state index in [1.165, 1.54) is 50.9 Å². The molecule has 0 aromatic carbocycles. The molecule has 2 atom stereocenters. The topological polar surface area (TPSA) is 6.48 Å². The first kappa shape index (κ1) is 17.7. The molecular formula is C20H36N2. The molecule has 0 amide bonds. The molecule has 22 heavy (non-hydrogen) atoms. The summed E-state index contributed by atoms with van der Waals surface area (Å²) in [4.78, 5) is 5.39. The summed E-state index contributed by atoms with van der Waals surface area (Å²) in [5, 5.41) is 0. The van der Waals surface area contributed by atoms with Gasteiger partial charge in [0.2, 0.25) is 0 Å². The highest BCUT2D eigenvalue weighted by atomic mass is 15.2. The van der Waals surface area contributed by atoms with Gasteiger partial charge in [-0.25, -0.2) is 0 Å². The van der Waals surface area contributed by atoms with Crippen LogP contribution in [0.4, 0.5) is 0 Å². The number of nitrogens with zero attached hydrogens (tertiary/aromatic N) is 2. The average Bonchev–Trinajstić information content (AvgIpc) is 2.55. The van der Waals surface area contributed by atoms with Crippen molar-refractivity contribution in [3.05, 3.63) is 24.3 Å². The molecule has 2 aliphatic rings.